The van der Waals surface area contributed by atoms with E-state index in [4.69, 9.17) is 11.6 Å². The number of anilines is 1. The average Bonchev–Trinajstić information content (AvgIpc) is 3.90. The Hall–Kier alpha value is -3.29. The summed E-state index contributed by atoms with van der Waals surface area (Å²) in [4.78, 5) is 35.9. The molecule has 3 aromatic rings. The first-order valence-electron chi connectivity index (χ1n) is 17.6. The molecular weight excluding hydrogens is 685 g/mol. The molecule has 0 unspecified atom stereocenters. The second-order valence-electron chi connectivity index (χ2n) is 13.9. The van der Waals surface area contributed by atoms with Crippen LogP contribution in [-0.4, -0.2) is 77.5 Å². The van der Waals surface area contributed by atoms with Gasteiger partial charge < -0.3 is 10.2 Å². The second kappa shape index (κ2) is 15.1. The zero-order chi connectivity index (χ0) is 34.8. The Morgan fingerprint density at radius 2 is 1.68 bits per heavy atom. The van der Waals surface area contributed by atoms with Crippen molar-refractivity contribution < 1.29 is 22.8 Å². The van der Waals surface area contributed by atoms with E-state index in [1.807, 2.05) is 12.1 Å². The molecule has 8 nitrogen and oxygen atoms in total. The average molecular weight is 727 g/mol. The van der Waals surface area contributed by atoms with Crippen molar-refractivity contribution in [1.82, 2.24) is 20.1 Å². The van der Waals surface area contributed by atoms with Gasteiger partial charge in [-0.05, 0) is 112 Å². The number of carbonyl (C=O) groups excluding carboxylic acids is 2. The van der Waals surface area contributed by atoms with E-state index in [2.05, 4.69) is 36.6 Å². The number of hydrazone groups is 1. The molecule has 266 valence electrons. The normalized spacial score (nSPS) is 19.8. The van der Waals surface area contributed by atoms with E-state index in [1.54, 1.807) is 6.07 Å². The summed E-state index contributed by atoms with van der Waals surface area (Å²) in [6.07, 6.45) is 5.82. The van der Waals surface area contributed by atoms with Crippen LogP contribution >= 0.6 is 22.9 Å². The molecule has 2 amide bonds. The fourth-order valence-corrected chi connectivity index (χ4v) is 9.03. The van der Waals surface area contributed by atoms with E-state index in [1.165, 1.54) is 75.4 Å². The van der Waals surface area contributed by atoms with Crippen molar-refractivity contribution in [2.75, 3.05) is 38.0 Å². The Morgan fingerprint density at radius 1 is 0.920 bits per heavy atom. The zero-order valence-corrected chi connectivity index (χ0v) is 29.5. The van der Waals surface area contributed by atoms with Gasteiger partial charge in [0.25, 0.3) is 11.8 Å². The molecule has 3 fully saturated rings. The fourth-order valence-electron chi connectivity index (χ4n) is 7.54. The highest BCUT2D eigenvalue weighted by Crippen LogP contribution is 2.40. The van der Waals surface area contributed by atoms with Crippen LogP contribution in [0.15, 0.2) is 47.6 Å². The topological polar surface area (TPSA) is 80.3 Å². The minimum Gasteiger partial charge on any atom is -0.313 e. The lowest BCUT2D eigenvalue weighted by Gasteiger charge is -2.40. The molecule has 2 N–H and O–H groups in total. The maximum absolute atomic E-state index is 13.7. The number of halogens is 4. The van der Waals surface area contributed by atoms with Crippen LogP contribution in [0.2, 0.25) is 5.02 Å². The number of rotatable bonds is 9. The third-order valence-electron chi connectivity index (χ3n) is 10.3. The van der Waals surface area contributed by atoms with E-state index < -0.39 is 22.7 Å². The van der Waals surface area contributed by atoms with Crippen LogP contribution in [0.4, 0.5) is 18.2 Å². The predicted octanol–water partition coefficient (Wildman–Crippen LogP) is 7.41. The molecule has 0 bridgehead atoms. The number of hydrogen-bond donors (Lipinski definition) is 2. The minimum atomic E-state index is -4.62. The lowest BCUT2D eigenvalue weighted by molar-refractivity contribution is -0.137. The number of carbonyl (C=O) groups is 2. The standard InChI is InChI=1S/C37H42ClF3N6O2S/c38-31-10-7-24(20-30(31)37(39,40)41)21-42-44-35(49)33-29-13-18-47(27-8-9-27)23-32(29)50-36(33)43-34(48)26-6-4-5-25(19-26)22-45-16-11-28(12-17-45)46-14-2-1-3-15-46/h4-7,10,19-21,27-28H,1-3,8-9,11-18,22-23H2,(H,43,48)(H,44,49)/b42-21+. The van der Waals surface area contributed by atoms with E-state index in [0.29, 0.717) is 41.2 Å². The van der Waals surface area contributed by atoms with E-state index in [-0.39, 0.29) is 11.5 Å². The third kappa shape index (κ3) is 8.26. The molecule has 50 heavy (non-hydrogen) atoms. The maximum atomic E-state index is 13.7. The molecule has 1 aromatic heterocycles. The van der Waals surface area contributed by atoms with Gasteiger partial charge >= 0.3 is 6.18 Å². The van der Waals surface area contributed by atoms with Gasteiger partial charge in [0.1, 0.15) is 5.00 Å². The van der Waals surface area contributed by atoms with Gasteiger partial charge in [0, 0.05) is 42.2 Å². The number of hydrogen-bond acceptors (Lipinski definition) is 7. The Labute approximate surface area is 299 Å². The van der Waals surface area contributed by atoms with Crippen LogP contribution in [-0.2, 0) is 25.7 Å². The molecule has 3 aliphatic heterocycles. The molecule has 1 saturated carbocycles. The molecule has 0 radical (unpaired) electrons. The maximum Gasteiger partial charge on any atom is 0.417 e. The van der Waals surface area contributed by atoms with E-state index in [0.717, 1.165) is 60.5 Å². The van der Waals surface area contributed by atoms with Gasteiger partial charge in [-0.25, -0.2) is 5.43 Å². The Balaban J connectivity index is 1.04. The zero-order valence-electron chi connectivity index (χ0n) is 27.9. The summed E-state index contributed by atoms with van der Waals surface area (Å²) in [5.74, 6) is -0.827. The lowest BCUT2D eigenvalue weighted by Crippen LogP contribution is -2.46. The number of thiophene rings is 1. The molecule has 7 rings (SSSR count). The number of piperidine rings is 2. The van der Waals surface area contributed by atoms with Gasteiger partial charge in [0.15, 0.2) is 0 Å². The van der Waals surface area contributed by atoms with Crippen LogP contribution < -0.4 is 10.7 Å². The SMILES string of the molecule is O=C(Nc1sc2c(c1C(=O)N/N=C/c1ccc(Cl)c(C(F)(F)F)c1)CCN(C1CC1)C2)c1cccc(CN2CCC(N3CCCCC3)CC2)c1. The van der Waals surface area contributed by atoms with Crippen LogP contribution in [0.3, 0.4) is 0 Å². The second-order valence-corrected chi connectivity index (χ2v) is 15.4. The third-order valence-corrected chi connectivity index (χ3v) is 11.8. The van der Waals surface area contributed by atoms with Crippen LogP contribution in [0.1, 0.15) is 92.8 Å². The van der Waals surface area contributed by atoms with Crippen molar-refractivity contribution in [3.63, 3.8) is 0 Å². The van der Waals surface area contributed by atoms with Gasteiger partial charge in [-0.15, -0.1) is 11.3 Å². The van der Waals surface area contributed by atoms with Crippen molar-refractivity contribution in [2.45, 2.75) is 82.7 Å². The number of nitrogens with zero attached hydrogens (tertiary/aromatic N) is 4. The summed E-state index contributed by atoms with van der Waals surface area (Å²) >= 11 is 7.15. The largest absolute Gasteiger partial charge is 0.417 e. The monoisotopic (exact) mass is 726 g/mol. The van der Waals surface area contributed by atoms with Gasteiger partial charge in [0.2, 0.25) is 0 Å². The van der Waals surface area contributed by atoms with Crippen molar-refractivity contribution in [3.05, 3.63) is 85.7 Å². The number of amides is 2. The van der Waals surface area contributed by atoms with Gasteiger partial charge in [-0.3, -0.25) is 19.4 Å². The Bertz CT molecular complexity index is 1740. The van der Waals surface area contributed by atoms with Gasteiger partial charge in [0.05, 0.1) is 22.4 Å². The number of nitrogens with one attached hydrogen (secondary N) is 2. The van der Waals surface area contributed by atoms with Crippen LogP contribution in [0.5, 0.6) is 0 Å². The van der Waals surface area contributed by atoms with Crippen molar-refractivity contribution in [3.8, 4) is 0 Å². The van der Waals surface area contributed by atoms with Gasteiger partial charge in [-0.2, -0.15) is 18.3 Å². The Kier molecular flexibility index (Phi) is 10.6. The van der Waals surface area contributed by atoms with E-state index >= 15 is 0 Å². The molecule has 1 aliphatic carbocycles. The summed E-state index contributed by atoms with van der Waals surface area (Å²) in [5, 5.41) is 7.03. The summed E-state index contributed by atoms with van der Waals surface area (Å²) < 4.78 is 40.0. The summed E-state index contributed by atoms with van der Waals surface area (Å²) in [6, 6.07) is 12.3. The fraction of sp³-hybridized carbons (Fsp3) is 0.486. The smallest absolute Gasteiger partial charge is 0.313 e. The molecule has 0 atom stereocenters. The highest BCUT2D eigenvalue weighted by Gasteiger charge is 2.36. The lowest BCUT2D eigenvalue weighted by atomic mass is 9.99. The number of benzene rings is 2. The molecule has 2 aromatic carbocycles. The quantitative estimate of drug-likeness (QED) is 0.178. The number of fused-ring (bicyclic) bond motifs is 1. The van der Waals surface area contributed by atoms with Crippen molar-refractivity contribution in [2.24, 2.45) is 5.10 Å². The van der Waals surface area contributed by atoms with Crippen LogP contribution in [0.25, 0.3) is 0 Å². The van der Waals surface area contributed by atoms with Crippen molar-refractivity contribution in [1.29, 1.82) is 0 Å². The van der Waals surface area contributed by atoms with Crippen LogP contribution in [0, 0.1) is 0 Å². The molecule has 0 spiro atoms. The first kappa shape index (κ1) is 35.1. The van der Waals surface area contributed by atoms with Gasteiger partial charge in [-0.1, -0.05) is 36.2 Å². The first-order valence-corrected chi connectivity index (χ1v) is 18.8. The summed E-state index contributed by atoms with van der Waals surface area (Å²) in [7, 11) is 0. The summed E-state index contributed by atoms with van der Waals surface area (Å²) in [6.45, 7) is 6.83. The molecule has 2 saturated heterocycles. The number of alkyl halides is 3. The summed E-state index contributed by atoms with van der Waals surface area (Å²) in [5.41, 5.74) is 4.46. The molecule has 4 heterocycles. The molecular formula is C37H42ClF3N6O2S. The Morgan fingerprint density at radius 3 is 2.42 bits per heavy atom. The molecule has 13 heteroatoms. The first-order chi connectivity index (χ1) is 24.1. The minimum absolute atomic E-state index is 0.134. The predicted molar refractivity (Wildman–Crippen MR) is 191 cm³/mol. The van der Waals surface area contributed by atoms with Crippen molar-refractivity contribution >= 4 is 46.0 Å². The number of likely N-dealkylation sites (tertiary alicyclic amines) is 2. The van der Waals surface area contributed by atoms with E-state index in [9.17, 15) is 22.8 Å². The highest BCUT2D eigenvalue weighted by atomic mass is 35.5. The molecule has 4 aliphatic rings. The highest BCUT2D eigenvalue weighted by molar-refractivity contribution is 7.17.